The lowest BCUT2D eigenvalue weighted by Gasteiger charge is -2.58. The Morgan fingerprint density at radius 1 is 1.10 bits per heavy atom. The van der Waals surface area contributed by atoms with Gasteiger partial charge in [-0.2, -0.15) is 0 Å². The Morgan fingerprint density at radius 3 is 2.52 bits per heavy atom. The second kappa shape index (κ2) is 8.07. The van der Waals surface area contributed by atoms with Gasteiger partial charge >= 0.3 is 5.97 Å². The first-order valence-corrected chi connectivity index (χ1v) is 13.1. The molecule has 2 saturated carbocycles. The maximum atomic E-state index is 12.3. The van der Waals surface area contributed by atoms with Gasteiger partial charge in [-0.05, 0) is 119 Å². The van der Waals surface area contributed by atoms with Crippen LogP contribution in [0, 0.1) is 39.9 Å². The summed E-state index contributed by atoms with van der Waals surface area (Å²) in [5.74, 6) is 2.15. The van der Waals surface area contributed by atoms with E-state index in [0.29, 0.717) is 11.3 Å². The summed E-state index contributed by atoms with van der Waals surface area (Å²) in [6, 6.07) is 0. The average Bonchev–Trinajstić information content (AvgIpc) is 3.04. The van der Waals surface area contributed by atoms with Crippen LogP contribution in [0.15, 0.2) is 22.8 Å². The van der Waals surface area contributed by atoms with Gasteiger partial charge in [-0.25, -0.2) is 0 Å². The molecule has 0 aliphatic heterocycles. The lowest BCUT2D eigenvalue weighted by molar-refractivity contribution is -0.159. The molecular weight excluding hydrogens is 380 g/mol. The zero-order valence-electron chi connectivity index (χ0n) is 21.0. The Morgan fingerprint density at radius 2 is 1.84 bits per heavy atom. The third-order valence-corrected chi connectivity index (χ3v) is 10.8. The monoisotopic (exact) mass is 426 g/mol. The Bertz CT molecular complexity index is 787. The quantitative estimate of drug-likeness (QED) is 0.450. The summed E-state index contributed by atoms with van der Waals surface area (Å²) in [5, 5.41) is 10.1. The van der Waals surface area contributed by atoms with Crippen molar-refractivity contribution in [3.05, 3.63) is 22.8 Å². The summed E-state index contributed by atoms with van der Waals surface area (Å²) in [7, 11) is 0. The first-order valence-electron chi connectivity index (χ1n) is 13.1. The van der Waals surface area contributed by atoms with Crippen LogP contribution in [0.1, 0.15) is 112 Å². The van der Waals surface area contributed by atoms with Crippen LogP contribution in [0.3, 0.4) is 0 Å². The van der Waals surface area contributed by atoms with Gasteiger partial charge in [0.1, 0.15) is 0 Å². The topological polar surface area (TPSA) is 37.3 Å². The summed E-state index contributed by atoms with van der Waals surface area (Å²) in [6.07, 6.45) is 15.6. The van der Waals surface area contributed by atoms with Crippen LogP contribution in [0.5, 0.6) is 0 Å². The molecular formula is C29H46O2. The van der Waals surface area contributed by atoms with E-state index >= 15 is 0 Å². The van der Waals surface area contributed by atoms with E-state index in [4.69, 9.17) is 0 Å². The van der Waals surface area contributed by atoms with Crippen molar-refractivity contribution in [2.75, 3.05) is 0 Å². The van der Waals surface area contributed by atoms with Crippen molar-refractivity contribution in [1.29, 1.82) is 0 Å². The molecule has 2 fully saturated rings. The molecule has 0 bridgehead atoms. The van der Waals surface area contributed by atoms with Crippen LogP contribution >= 0.6 is 0 Å². The highest BCUT2D eigenvalue weighted by atomic mass is 16.4. The van der Waals surface area contributed by atoms with Gasteiger partial charge < -0.3 is 5.11 Å². The van der Waals surface area contributed by atoms with E-state index in [9.17, 15) is 9.90 Å². The van der Waals surface area contributed by atoms with Crippen LogP contribution in [0.25, 0.3) is 0 Å². The van der Waals surface area contributed by atoms with E-state index in [1.807, 2.05) is 0 Å². The normalized spacial score (nSPS) is 43.0. The lowest BCUT2D eigenvalue weighted by Crippen LogP contribution is -2.52. The standard InChI is InChI=1S/C29H46O2/c1-19(2)9-7-10-20(3)22-12-13-23-21-11-14-25-28(5,24(21)15-18-27(22,23)4)16-8-17-29(25,6)26(30)31/h9,20,22-23,25H,7-8,10-18H2,1-6H3,(H,30,31)/t20-,22-,23+,25-,27-,28-,29-/m1/s1. The van der Waals surface area contributed by atoms with Gasteiger partial charge in [-0.3, -0.25) is 4.79 Å². The number of carboxylic acids is 1. The predicted molar refractivity (Wildman–Crippen MR) is 129 cm³/mol. The number of hydrogen-bond donors (Lipinski definition) is 1. The molecule has 2 heteroatoms. The first-order chi connectivity index (χ1) is 14.5. The van der Waals surface area contributed by atoms with Crippen molar-refractivity contribution in [2.45, 2.75) is 112 Å². The predicted octanol–water partition coefficient (Wildman–Crippen LogP) is 8.18. The number of hydrogen-bond acceptors (Lipinski definition) is 1. The highest BCUT2D eigenvalue weighted by molar-refractivity contribution is 5.75. The Balaban J connectivity index is 1.60. The molecule has 1 N–H and O–H groups in total. The molecule has 2 nitrogen and oxygen atoms in total. The number of allylic oxidation sites excluding steroid dienone is 4. The minimum absolute atomic E-state index is 0.119. The minimum Gasteiger partial charge on any atom is -0.481 e. The maximum absolute atomic E-state index is 12.3. The summed E-state index contributed by atoms with van der Waals surface area (Å²) in [5.41, 5.74) is 4.99. The number of carbonyl (C=O) groups is 1. The molecule has 4 rings (SSSR count). The molecule has 0 radical (unpaired) electrons. The van der Waals surface area contributed by atoms with Gasteiger partial charge in [0, 0.05) is 0 Å². The molecule has 0 aromatic heterocycles. The molecule has 31 heavy (non-hydrogen) atoms. The van der Waals surface area contributed by atoms with Crippen molar-refractivity contribution in [1.82, 2.24) is 0 Å². The molecule has 4 aliphatic carbocycles. The van der Waals surface area contributed by atoms with Gasteiger partial charge in [-0.1, -0.05) is 50.0 Å². The summed E-state index contributed by atoms with van der Waals surface area (Å²) < 4.78 is 0. The van der Waals surface area contributed by atoms with Gasteiger partial charge in [-0.15, -0.1) is 0 Å². The van der Waals surface area contributed by atoms with Crippen LogP contribution in [-0.2, 0) is 4.79 Å². The third kappa shape index (κ3) is 3.55. The summed E-state index contributed by atoms with van der Waals surface area (Å²) >= 11 is 0. The number of fused-ring (bicyclic) bond motifs is 4. The van der Waals surface area contributed by atoms with Crippen molar-refractivity contribution < 1.29 is 9.90 Å². The Kier molecular flexibility index (Phi) is 6.02. The minimum atomic E-state index is -0.556. The highest BCUT2D eigenvalue weighted by Gasteiger charge is 2.59. The Hall–Kier alpha value is -1.05. The smallest absolute Gasteiger partial charge is 0.309 e. The fourth-order valence-corrected chi connectivity index (χ4v) is 9.14. The zero-order valence-corrected chi connectivity index (χ0v) is 21.0. The fourth-order valence-electron chi connectivity index (χ4n) is 9.14. The molecule has 174 valence electrons. The van der Waals surface area contributed by atoms with Crippen LogP contribution < -0.4 is 0 Å². The van der Waals surface area contributed by atoms with E-state index < -0.39 is 11.4 Å². The zero-order chi connectivity index (χ0) is 22.6. The van der Waals surface area contributed by atoms with Gasteiger partial charge in [0.25, 0.3) is 0 Å². The molecule has 0 heterocycles. The van der Waals surface area contributed by atoms with Crippen molar-refractivity contribution >= 4 is 5.97 Å². The summed E-state index contributed by atoms with van der Waals surface area (Å²) in [6.45, 7) is 14.1. The highest BCUT2D eigenvalue weighted by Crippen LogP contribution is 2.68. The molecule has 0 amide bonds. The molecule has 7 atom stereocenters. The Labute approximate surface area is 191 Å². The van der Waals surface area contributed by atoms with Crippen LogP contribution in [0.4, 0.5) is 0 Å². The van der Waals surface area contributed by atoms with Gasteiger partial charge in [0.15, 0.2) is 0 Å². The maximum Gasteiger partial charge on any atom is 0.309 e. The summed E-state index contributed by atoms with van der Waals surface area (Å²) in [4.78, 5) is 12.3. The van der Waals surface area contributed by atoms with Crippen molar-refractivity contribution in [3.8, 4) is 0 Å². The molecule has 0 aromatic rings. The molecule has 0 aromatic carbocycles. The first kappa shape index (κ1) is 23.1. The number of carboxylic acid groups (broad SMARTS) is 1. The third-order valence-electron chi connectivity index (χ3n) is 10.8. The van der Waals surface area contributed by atoms with E-state index in [-0.39, 0.29) is 5.41 Å². The van der Waals surface area contributed by atoms with Crippen molar-refractivity contribution in [3.63, 3.8) is 0 Å². The van der Waals surface area contributed by atoms with E-state index in [2.05, 4.69) is 47.6 Å². The van der Waals surface area contributed by atoms with Crippen molar-refractivity contribution in [2.24, 2.45) is 39.9 Å². The lowest BCUT2D eigenvalue weighted by atomic mass is 9.46. The molecule has 0 unspecified atom stereocenters. The van der Waals surface area contributed by atoms with E-state index in [0.717, 1.165) is 43.4 Å². The largest absolute Gasteiger partial charge is 0.481 e. The molecule has 0 saturated heterocycles. The fraction of sp³-hybridized carbons (Fsp3) is 0.828. The number of aliphatic carboxylic acids is 1. The van der Waals surface area contributed by atoms with Gasteiger partial charge in [0.2, 0.25) is 0 Å². The number of rotatable bonds is 5. The van der Waals surface area contributed by atoms with E-state index in [1.54, 1.807) is 11.1 Å². The SMILES string of the molecule is CC(C)=CCC[C@@H](C)[C@H]1CC[C@H]2C3=C(CC[C@]12C)[C@@]1(C)CCC[C@@](C)(C(=O)O)[C@@H]1CC3. The average molecular weight is 427 g/mol. The van der Waals surface area contributed by atoms with Crippen LogP contribution in [-0.4, -0.2) is 11.1 Å². The second-order valence-corrected chi connectivity index (χ2v) is 12.7. The van der Waals surface area contributed by atoms with Crippen LogP contribution in [0.2, 0.25) is 0 Å². The van der Waals surface area contributed by atoms with E-state index in [1.165, 1.54) is 50.5 Å². The molecule has 0 spiro atoms. The second-order valence-electron chi connectivity index (χ2n) is 12.7. The van der Waals surface area contributed by atoms with Gasteiger partial charge in [0.05, 0.1) is 5.41 Å². The molecule has 4 aliphatic rings.